The molecule has 10 nitrogen and oxygen atoms in total. The van der Waals surface area contributed by atoms with Crippen molar-refractivity contribution in [3.05, 3.63) is 48.0 Å². The summed E-state index contributed by atoms with van der Waals surface area (Å²) >= 11 is 0. The van der Waals surface area contributed by atoms with Crippen LogP contribution in [0.2, 0.25) is 0 Å². The normalized spacial score (nSPS) is 15.6. The van der Waals surface area contributed by atoms with Crippen molar-refractivity contribution in [2.75, 3.05) is 25.6 Å². The highest BCUT2D eigenvalue weighted by atomic mass is 32.2. The molecule has 2 aromatic rings. The number of amides is 3. The molecule has 2 N–H and O–H groups in total. The third kappa shape index (κ3) is 8.36. The Morgan fingerprint density at radius 3 is 2.38 bits per heavy atom. The molecule has 1 heterocycles. The third-order valence-electron chi connectivity index (χ3n) is 5.48. The van der Waals surface area contributed by atoms with E-state index in [1.54, 1.807) is 23.1 Å². The Morgan fingerprint density at radius 2 is 1.81 bits per heavy atom. The molecule has 1 aliphatic rings. The quantitative estimate of drug-likeness (QED) is 0.469. The summed E-state index contributed by atoms with van der Waals surface area (Å²) in [5.74, 6) is -0.0376. The number of rotatable bonds is 9. The van der Waals surface area contributed by atoms with E-state index >= 15 is 0 Å². The summed E-state index contributed by atoms with van der Waals surface area (Å²) in [7, 11) is -2.79. The molecule has 0 saturated carbocycles. The Bertz CT molecular complexity index is 1200. The van der Waals surface area contributed by atoms with E-state index in [1.807, 2.05) is 20.8 Å². The molecule has 202 valence electrons. The van der Waals surface area contributed by atoms with Crippen molar-refractivity contribution in [2.24, 2.45) is 0 Å². The number of nitrogens with zero attached hydrogens (tertiary/aromatic N) is 1. The van der Waals surface area contributed by atoms with Crippen molar-refractivity contribution in [3.63, 3.8) is 0 Å². The van der Waals surface area contributed by atoms with Crippen LogP contribution in [-0.2, 0) is 26.2 Å². The Labute approximate surface area is 218 Å². The second kappa shape index (κ2) is 11.8. The molecular weight excluding hydrogens is 498 g/mol. The van der Waals surface area contributed by atoms with Gasteiger partial charge in [-0.1, -0.05) is 6.07 Å². The fraction of sp³-hybridized carbons (Fsp3) is 0.462. The van der Waals surface area contributed by atoms with E-state index < -0.39 is 15.7 Å². The fourth-order valence-electron chi connectivity index (χ4n) is 3.83. The highest BCUT2D eigenvalue weighted by molar-refractivity contribution is 7.87. The maximum Gasteiger partial charge on any atom is 0.339 e. The molecule has 1 aliphatic heterocycles. The molecule has 0 bridgehead atoms. The van der Waals surface area contributed by atoms with Crippen LogP contribution in [0.1, 0.15) is 46.1 Å². The lowest BCUT2D eigenvalue weighted by atomic mass is 10.1. The summed E-state index contributed by atoms with van der Waals surface area (Å²) in [6.07, 6.45) is 1.76. The fourth-order valence-corrected chi connectivity index (χ4v) is 4.77. The Morgan fingerprint density at radius 1 is 1.11 bits per heavy atom. The first-order chi connectivity index (χ1) is 17.4. The van der Waals surface area contributed by atoms with Crippen molar-refractivity contribution in [2.45, 2.75) is 63.6 Å². The molecule has 1 saturated heterocycles. The highest BCUT2D eigenvalue weighted by Gasteiger charge is 2.26. The number of ether oxygens (including phenoxy) is 2. The topological polar surface area (TPSA) is 123 Å². The van der Waals surface area contributed by atoms with E-state index in [-0.39, 0.29) is 41.0 Å². The second-order valence-corrected chi connectivity index (χ2v) is 11.5. The van der Waals surface area contributed by atoms with Crippen LogP contribution in [0.15, 0.2) is 47.4 Å². The number of carbonyl (C=O) groups is 2. The zero-order valence-electron chi connectivity index (χ0n) is 21.9. The van der Waals surface area contributed by atoms with Crippen LogP contribution < -0.4 is 19.6 Å². The number of benzene rings is 2. The monoisotopic (exact) mass is 533 g/mol. The van der Waals surface area contributed by atoms with Gasteiger partial charge < -0.3 is 29.2 Å². The first-order valence-corrected chi connectivity index (χ1v) is 13.4. The number of hydrogen-bond acceptors (Lipinski definition) is 7. The molecule has 0 radical (unpaired) electrons. The number of anilines is 1. The van der Waals surface area contributed by atoms with Gasteiger partial charge in [-0.3, -0.25) is 4.79 Å². The first-order valence-electron chi connectivity index (χ1n) is 12.0. The van der Waals surface area contributed by atoms with Gasteiger partial charge in [-0.15, -0.1) is 0 Å². The lowest BCUT2D eigenvalue weighted by Crippen LogP contribution is -2.50. The predicted octanol–water partition coefficient (Wildman–Crippen LogP) is 3.91. The molecule has 0 aromatic heterocycles. The molecule has 1 fully saturated rings. The van der Waals surface area contributed by atoms with Crippen LogP contribution >= 0.6 is 0 Å². The summed E-state index contributed by atoms with van der Waals surface area (Å²) in [6, 6.07) is 10.3. The smallest absolute Gasteiger partial charge is 0.339 e. The van der Waals surface area contributed by atoms with Gasteiger partial charge in [0, 0.05) is 37.8 Å². The second-order valence-electron chi connectivity index (χ2n) is 9.92. The van der Waals surface area contributed by atoms with Gasteiger partial charge in [-0.05, 0) is 75.6 Å². The largest absolute Gasteiger partial charge is 0.493 e. The standard InChI is InChI=1S/C26H35N3O7S/c1-18(30)27-20-9-11-22(12-10-20)37(32,33)36-24-15-19(8-13-23(24)34-5)16-29(17-21-7-6-14-35-21)25(31)28-26(2,3)4/h8-13,15,21H,6-7,14,16-17H2,1-5H3,(H,27,30)(H,28,31). The Kier molecular flexibility index (Phi) is 9.03. The lowest BCUT2D eigenvalue weighted by molar-refractivity contribution is -0.114. The van der Waals surface area contributed by atoms with Crippen molar-refractivity contribution in [1.82, 2.24) is 10.2 Å². The van der Waals surface area contributed by atoms with E-state index in [2.05, 4.69) is 10.6 Å². The minimum atomic E-state index is -4.20. The lowest BCUT2D eigenvalue weighted by Gasteiger charge is -2.30. The number of nitrogens with one attached hydrogen (secondary N) is 2. The van der Waals surface area contributed by atoms with Crippen LogP contribution in [-0.4, -0.2) is 57.2 Å². The Balaban J connectivity index is 1.83. The maximum atomic E-state index is 13.0. The predicted molar refractivity (Wildman–Crippen MR) is 139 cm³/mol. The molecule has 11 heteroatoms. The molecule has 1 atom stereocenters. The molecule has 3 amide bonds. The molecule has 1 unspecified atom stereocenters. The maximum absolute atomic E-state index is 13.0. The van der Waals surface area contributed by atoms with Crippen molar-refractivity contribution < 1.29 is 31.7 Å². The van der Waals surface area contributed by atoms with E-state index in [0.717, 1.165) is 12.8 Å². The summed E-state index contributed by atoms with van der Waals surface area (Å²) in [4.78, 5) is 25.8. The van der Waals surface area contributed by atoms with E-state index in [1.165, 1.54) is 38.3 Å². The summed E-state index contributed by atoms with van der Waals surface area (Å²) < 4.78 is 42.5. The summed E-state index contributed by atoms with van der Waals surface area (Å²) in [5.41, 5.74) is 0.698. The van der Waals surface area contributed by atoms with E-state index in [4.69, 9.17) is 13.7 Å². The van der Waals surface area contributed by atoms with Crippen molar-refractivity contribution in [3.8, 4) is 11.5 Å². The molecule has 0 spiro atoms. The zero-order chi connectivity index (χ0) is 27.2. The van der Waals surface area contributed by atoms with Crippen LogP contribution in [0.3, 0.4) is 0 Å². The van der Waals surface area contributed by atoms with E-state index in [0.29, 0.717) is 24.4 Å². The van der Waals surface area contributed by atoms with Gasteiger partial charge in [-0.25, -0.2) is 4.79 Å². The van der Waals surface area contributed by atoms with Crippen LogP contribution in [0.5, 0.6) is 11.5 Å². The van der Waals surface area contributed by atoms with Gasteiger partial charge in [-0.2, -0.15) is 8.42 Å². The molecule has 2 aromatic carbocycles. The SMILES string of the molecule is COc1ccc(CN(CC2CCCO2)C(=O)NC(C)(C)C)cc1OS(=O)(=O)c1ccc(NC(C)=O)cc1. The number of hydrogen-bond donors (Lipinski definition) is 2. The van der Waals surface area contributed by atoms with Crippen molar-refractivity contribution >= 4 is 27.7 Å². The van der Waals surface area contributed by atoms with Crippen LogP contribution in [0.4, 0.5) is 10.5 Å². The summed E-state index contributed by atoms with van der Waals surface area (Å²) in [5, 5.41) is 5.56. The average molecular weight is 534 g/mol. The minimum absolute atomic E-state index is 0.000710. The molecule has 3 rings (SSSR count). The van der Waals surface area contributed by atoms with Crippen LogP contribution in [0.25, 0.3) is 0 Å². The van der Waals surface area contributed by atoms with E-state index in [9.17, 15) is 18.0 Å². The van der Waals surface area contributed by atoms with Gasteiger partial charge in [0.1, 0.15) is 4.90 Å². The summed E-state index contributed by atoms with van der Waals surface area (Å²) in [6.45, 7) is 8.37. The Hall–Kier alpha value is -3.31. The number of urea groups is 1. The highest BCUT2D eigenvalue weighted by Crippen LogP contribution is 2.32. The zero-order valence-corrected chi connectivity index (χ0v) is 22.7. The number of methoxy groups -OCH3 is 1. The average Bonchev–Trinajstić information content (AvgIpc) is 3.31. The van der Waals surface area contributed by atoms with Gasteiger partial charge >= 0.3 is 16.1 Å². The third-order valence-corrected chi connectivity index (χ3v) is 6.73. The molecule has 0 aliphatic carbocycles. The van der Waals surface area contributed by atoms with Gasteiger partial charge in [0.05, 0.1) is 13.2 Å². The van der Waals surface area contributed by atoms with Gasteiger partial charge in [0.15, 0.2) is 11.5 Å². The van der Waals surface area contributed by atoms with Gasteiger partial charge in [0.2, 0.25) is 5.91 Å². The number of carbonyl (C=O) groups excluding carboxylic acids is 2. The molecule has 37 heavy (non-hydrogen) atoms. The molecular formula is C26H35N3O7S. The minimum Gasteiger partial charge on any atom is -0.493 e. The first kappa shape index (κ1) is 28.3. The van der Waals surface area contributed by atoms with Gasteiger partial charge in [0.25, 0.3) is 0 Å². The van der Waals surface area contributed by atoms with Crippen LogP contribution in [0, 0.1) is 0 Å². The van der Waals surface area contributed by atoms with Crippen molar-refractivity contribution in [1.29, 1.82) is 0 Å².